The van der Waals surface area contributed by atoms with Crippen molar-refractivity contribution in [3.8, 4) is 0 Å². The highest BCUT2D eigenvalue weighted by atomic mass is 16.1. The first-order valence-corrected chi connectivity index (χ1v) is 7.11. The molecule has 0 aromatic carbocycles. The Morgan fingerprint density at radius 2 is 2.05 bits per heavy atom. The van der Waals surface area contributed by atoms with Crippen molar-refractivity contribution in [2.24, 2.45) is 5.92 Å². The molecular weight excluding hydrogens is 254 g/mol. The monoisotopic (exact) mass is 277 g/mol. The van der Waals surface area contributed by atoms with Crippen molar-refractivity contribution in [1.29, 1.82) is 0 Å². The number of piperazine rings is 1. The van der Waals surface area contributed by atoms with E-state index < -0.39 is 0 Å². The highest BCUT2D eigenvalue weighted by molar-refractivity contribution is 5.92. The maximum absolute atomic E-state index is 12.0. The third kappa shape index (κ3) is 3.90. The summed E-state index contributed by atoms with van der Waals surface area (Å²) in [7, 11) is 2.11. The normalized spacial score (nSPS) is 16.5. The van der Waals surface area contributed by atoms with Gasteiger partial charge in [0.15, 0.2) is 0 Å². The Labute approximate surface area is 120 Å². The number of nitrogens with one attached hydrogen (secondary N) is 1. The van der Waals surface area contributed by atoms with Gasteiger partial charge in [0.1, 0.15) is 5.69 Å². The molecule has 0 saturated carbocycles. The SMILES string of the molecule is CC(C)CNC(=O)c1ccnc(N2CCN(C)CC2)n1. The molecule has 2 heterocycles. The fraction of sp³-hybridized carbons (Fsp3) is 0.643. The predicted molar refractivity (Wildman–Crippen MR) is 78.9 cm³/mol. The third-order valence-electron chi connectivity index (χ3n) is 3.33. The smallest absolute Gasteiger partial charge is 0.270 e. The Balaban J connectivity index is 2.02. The second-order valence-electron chi connectivity index (χ2n) is 5.64. The lowest BCUT2D eigenvalue weighted by atomic mass is 10.2. The van der Waals surface area contributed by atoms with Gasteiger partial charge >= 0.3 is 0 Å². The first-order valence-electron chi connectivity index (χ1n) is 7.11. The number of likely N-dealkylation sites (N-methyl/N-ethyl adjacent to an activating group) is 1. The van der Waals surface area contributed by atoms with Crippen LogP contribution in [0.4, 0.5) is 5.95 Å². The van der Waals surface area contributed by atoms with Crippen molar-refractivity contribution in [2.45, 2.75) is 13.8 Å². The molecule has 2 rings (SSSR count). The van der Waals surface area contributed by atoms with Crippen LogP contribution in [0, 0.1) is 5.92 Å². The lowest BCUT2D eigenvalue weighted by molar-refractivity contribution is 0.0944. The maximum atomic E-state index is 12.0. The van der Waals surface area contributed by atoms with E-state index in [2.05, 4.69) is 46.0 Å². The Morgan fingerprint density at radius 3 is 2.70 bits per heavy atom. The van der Waals surface area contributed by atoms with E-state index in [1.807, 2.05) is 0 Å². The molecule has 6 nitrogen and oxygen atoms in total. The van der Waals surface area contributed by atoms with Gasteiger partial charge in [-0.15, -0.1) is 0 Å². The zero-order chi connectivity index (χ0) is 14.5. The number of carbonyl (C=O) groups excluding carboxylic acids is 1. The number of anilines is 1. The number of amides is 1. The molecule has 1 aliphatic rings. The number of carbonyl (C=O) groups is 1. The fourth-order valence-electron chi connectivity index (χ4n) is 2.02. The van der Waals surface area contributed by atoms with Crippen LogP contribution in [-0.4, -0.2) is 60.5 Å². The second-order valence-corrected chi connectivity index (χ2v) is 5.64. The van der Waals surface area contributed by atoms with Gasteiger partial charge in [0.25, 0.3) is 5.91 Å². The molecule has 1 aromatic rings. The first kappa shape index (κ1) is 14.7. The summed E-state index contributed by atoms with van der Waals surface area (Å²) in [5.41, 5.74) is 0.439. The van der Waals surface area contributed by atoms with E-state index >= 15 is 0 Å². The van der Waals surface area contributed by atoms with Crippen LogP contribution < -0.4 is 10.2 Å². The standard InChI is InChI=1S/C14H23N5O/c1-11(2)10-16-13(20)12-4-5-15-14(17-12)19-8-6-18(3)7-9-19/h4-5,11H,6-10H2,1-3H3,(H,16,20). The van der Waals surface area contributed by atoms with E-state index in [0.717, 1.165) is 26.2 Å². The van der Waals surface area contributed by atoms with E-state index in [4.69, 9.17) is 0 Å². The van der Waals surface area contributed by atoms with Crippen LogP contribution in [0.1, 0.15) is 24.3 Å². The number of nitrogens with zero attached hydrogens (tertiary/aromatic N) is 4. The summed E-state index contributed by atoms with van der Waals surface area (Å²) in [6, 6.07) is 1.66. The van der Waals surface area contributed by atoms with Crippen LogP contribution in [0.3, 0.4) is 0 Å². The van der Waals surface area contributed by atoms with Crippen molar-refractivity contribution < 1.29 is 4.79 Å². The van der Waals surface area contributed by atoms with Crippen molar-refractivity contribution in [2.75, 3.05) is 44.7 Å². The van der Waals surface area contributed by atoms with Gasteiger partial charge in [-0.2, -0.15) is 0 Å². The van der Waals surface area contributed by atoms with Gasteiger partial charge in [-0.25, -0.2) is 9.97 Å². The van der Waals surface area contributed by atoms with Gasteiger partial charge in [-0.1, -0.05) is 13.8 Å². The average molecular weight is 277 g/mol. The van der Waals surface area contributed by atoms with Crippen LogP contribution in [0.2, 0.25) is 0 Å². The zero-order valence-electron chi connectivity index (χ0n) is 12.5. The Morgan fingerprint density at radius 1 is 1.35 bits per heavy atom. The Kier molecular flexibility index (Phi) is 4.89. The summed E-state index contributed by atoms with van der Waals surface area (Å²) < 4.78 is 0. The molecule has 0 bridgehead atoms. The molecule has 20 heavy (non-hydrogen) atoms. The molecule has 1 N–H and O–H groups in total. The molecule has 0 radical (unpaired) electrons. The van der Waals surface area contributed by atoms with Crippen LogP contribution in [-0.2, 0) is 0 Å². The average Bonchev–Trinajstić information content (AvgIpc) is 2.45. The van der Waals surface area contributed by atoms with Gasteiger partial charge in [-0.05, 0) is 19.0 Å². The first-order chi connectivity index (χ1) is 9.56. The van der Waals surface area contributed by atoms with Gasteiger partial charge < -0.3 is 15.1 Å². The number of hydrogen-bond acceptors (Lipinski definition) is 5. The predicted octanol–water partition coefficient (Wildman–Crippen LogP) is 0.614. The van der Waals surface area contributed by atoms with Crippen LogP contribution in [0.5, 0.6) is 0 Å². The van der Waals surface area contributed by atoms with E-state index in [0.29, 0.717) is 24.1 Å². The second kappa shape index (κ2) is 6.65. The van der Waals surface area contributed by atoms with Crippen LogP contribution >= 0.6 is 0 Å². The number of rotatable bonds is 4. The molecule has 0 atom stereocenters. The van der Waals surface area contributed by atoms with Crippen LogP contribution in [0.15, 0.2) is 12.3 Å². The van der Waals surface area contributed by atoms with E-state index in [1.54, 1.807) is 12.3 Å². The van der Waals surface area contributed by atoms with Gasteiger partial charge in [0.2, 0.25) is 5.95 Å². The van der Waals surface area contributed by atoms with E-state index in [1.165, 1.54) is 0 Å². The minimum Gasteiger partial charge on any atom is -0.350 e. The summed E-state index contributed by atoms with van der Waals surface area (Å²) in [6.45, 7) is 8.57. The van der Waals surface area contributed by atoms with Gasteiger partial charge in [0, 0.05) is 38.9 Å². The number of aromatic nitrogens is 2. The highest BCUT2D eigenvalue weighted by Gasteiger charge is 2.17. The molecule has 1 fully saturated rings. The summed E-state index contributed by atoms with van der Waals surface area (Å²) in [6.07, 6.45) is 1.66. The van der Waals surface area contributed by atoms with Crippen molar-refractivity contribution in [3.05, 3.63) is 18.0 Å². The molecule has 1 aromatic heterocycles. The summed E-state index contributed by atoms with van der Waals surface area (Å²) >= 11 is 0. The lowest BCUT2D eigenvalue weighted by Gasteiger charge is -2.32. The molecule has 1 aliphatic heterocycles. The Bertz CT molecular complexity index is 455. The lowest BCUT2D eigenvalue weighted by Crippen LogP contribution is -2.45. The quantitative estimate of drug-likeness (QED) is 0.874. The molecular formula is C14H23N5O. The molecule has 6 heteroatoms. The molecule has 0 unspecified atom stereocenters. The summed E-state index contributed by atoms with van der Waals surface area (Å²) in [5.74, 6) is 0.949. The topological polar surface area (TPSA) is 61.4 Å². The minimum absolute atomic E-state index is 0.128. The van der Waals surface area contributed by atoms with Crippen molar-refractivity contribution in [3.63, 3.8) is 0 Å². The molecule has 110 valence electrons. The van der Waals surface area contributed by atoms with E-state index in [9.17, 15) is 4.79 Å². The van der Waals surface area contributed by atoms with Gasteiger partial charge in [0.05, 0.1) is 0 Å². The largest absolute Gasteiger partial charge is 0.350 e. The summed E-state index contributed by atoms with van der Waals surface area (Å²) in [5, 5.41) is 2.88. The van der Waals surface area contributed by atoms with Crippen molar-refractivity contribution in [1.82, 2.24) is 20.2 Å². The third-order valence-corrected chi connectivity index (χ3v) is 3.33. The van der Waals surface area contributed by atoms with Crippen molar-refractivity contribution >= 4 is 11.9 Å². The van der Waals surface area contributed by atoms with E-state index in [-0.39, 0.29) is 5.91 Å². The van der Waals surface area contributed by atoms with Crippen LogP contribution in [0.25, 0.3) is 0 Å². The summed E-state index contributed by atoms with van der Waals surface area (Å²) in [4.78, 5) is 25.1. The molecule has 1 amide bonds. The molecule has 0 aliphatic carbocycles. The zero-order valence-corrected chi connectivity index (χ0v) is 12.5. The maximum Gasteiger partial charge on any atom is 0.270 e. The number of hydrogen-bond donors (Lipinski definition) is 1. The highest BCUT2D eigenvalue weighted by Crippen LogP contribution is 2.10. The Hall–Kier alpha value is -1.69. The van der Waals surface area contributed by atoms with Gasteiger partial charge in [-0.3, -0.25) is 4.79 Å². The minimum atomic E-state index is -0.128. The molecule has 0 spiro atoms. The fourth-order valence-corrected chi connectivity index (χ4v) is 2.02. The molecule has 1 saturated heterocycles.